The van der Waals surface area contributed by atoms with E-state index in [9.17, 15) is 14.7 Å². The van der Waals surface area contributed by atoms with Crippen LogP contribution in [0.2, 0.25) is 0 Å². The van der Waals surface area contributed by atoms with Crippen molar-refractivity contribution in [3.8, 4) is 0 Å². The summed E-state index contributed by atoms with van der Waals surface area (Å²) < 4.78 is 0. The van der Waals surface area contributed by atoms with E-state index in [1.165, 1.54) is 12.8 Å². The topological polar surface area (TPSA) is 57.6 Å². The second kappa shape index (κ2) is 8.76. The fourth-order valence-corrected chi connectivity index (χ4v) is 8.88. The number of carbonyl (C=O) groups is 2. The van der Waals surface area contributed by atoms with Gasteiger partial charge in [0, 0.05) is 30.5 Å². The summed E-state index contributed by atoms with van der Waals surface area (Å²) in [6.07, 6.45) is 9.95. The van der Waals surface area contributed by atoms with E-state index in [4.69, 9.17) is 0 Å². The number of aliphatic hydroxyl groups is 1. The molecule has 1 aromatic rings. The predicted octanol–water partition coefficient (Wildman–Crippen LogP) is 5.88. The molecule has 0 heterocycles. The van der Waals surface area contributed by atoms with Crippen LogP contribution < -0.4 is 0 Å². The van der Waals surface area contributed by atoms with Crippen molar-refractivity contribution in [2.75, 3.05) is 13.1 Å². The van der Waals surface area contributed by atoms with Crippen LogP contribution in [0.25, 0.3) is 0 Å². The Balaban J connectivity index is 1.31. The van der Waals surface area contributed by atoms with Gasteiger partial charge in [-0.25, -0.2) is 0 Å². The predicted molar refractivity (Wildman–Crippen MR) is 134 cm³/mol. The fraction of sp³-hybridized carbons (Fsp3) is 0.733. The van der Waals surface area contributed by atoms with Crippen molar-refractivity contribution in [1.82, 2.24) is 4.90 Å². The molecular formula is C30H43NO3. The van der Waals surface area contributed by atoms with Crippen LogP contribution in [0.5, 0.6) is 0 Å². The quantitative estimate of drug-likeness (QED) is 0.591. The largest absolute Gasteiger partial charge is 0.388 e. The van der Waals surface area contributed by atoms with E-state index in [2.05, 4.69) is 20.8 Å². The third kappa shape index (κ3) is 3.85. The van der Waals surface area contributed by atoms with Crippen LogP contribution in [0.15, 0.2) is 30.3 Å². The molecule has 186 valence electrons. The van der Waals surface area contributed by atoms with Crippen LogP contribution in [0.1, 0.15) is 95.3 Å². The zero-order valence-corrected chi connectivity index (χ0v) is 21.4. The number of benzene rings is 1. The van der Waals surface area contributed by atoms with Gasteiger partial charge in [-0.15, -0.1) is 0 Å². The third-order valence-electron chi connectivity index (χ3n) is 10.8. The molecule has 1 amide bonds. The zero-order valence-electron chi connectivity index (χ0n) is 21.4. The van der Waals surface area contributed by atoms with Crippen molar-refractivity contribution in [2.45, 2.75) is 90.6 Å². The smallest absolute Gasteiger partial charge is 0.253 e. The fourth-order valence-electron chi connectivity index (χ4n) is 8.88. The number of amides is 1. The minimum Gasteiger partial charge on any atom is -0.388 e. The van der Waals surface area contributed by atoms with Crippen molar-refractivity contribution in [1.29, 1.82) is 0 Å². The van der Waals surface area contributed by atoms with E-state index in [-0.39, 0.29) is 16.7 Å². The number of nitrogens with zero attached hydrogens (tertiary/aromatic N) is 1. The Morgan fingerprint density at radius 2 is 1.79 bits per heavy atom. The van der Waals surface area contributed by atoms with Crippen LogP contribution in [0.4, 0.5) is 0 Å². The molecule has 4 aliphatic carbocycles. The summed E-state index contributed by atoms with van der Waals surface area (Å²) in [7, 11) is 0. The first kappa shape index (κ1) is 24.0. The molecule has 0 aliphatic heterocycles. The van der Waals surface area contributed by atoms with Crippen LogP contribution >= 0.6 is 0 Å². The molecule has 1 N–H and O–H groups in total. The molecule has 34 heavy (non-hydrogen) atoms. The molecule has 4 aliphatic rings. The standard InChI is InChI=1S/C30H43NO3/c1-4-18-31(27(33)21-8-6-5-7-9-21)20-30(34)17-16-28(2)22(19-30)10-11-23-24-12-13-26(32)29(24,3)15-14-25(23)28/h5-9,22-25,34H,4,10-20H2,1-3H3/t22-,23-,24-,25-,28-,29-,30+/m0/s1. The lowest BCUT2D eigenvalue weighted by Crippen LogP contribution is -2.58. The van der Waals surface area contributed by atoms with Crippen molar-refractivity contribution in [2.24, 2.45) is 34.5 Å². The Hall–Kier alpha value is -1.68. The Bertz CT molecular complexity index is 930. The number of hydrogen-bond acceptors (Lipinski definition) is 3. The highest BCUT2D eigenvalue weighted by Crippen LogP contribution is 2.66. The summed E-state index contributed by atoms with van der Waals surface area (Å²) in [6.45, 7) is 7.95. The first-order valence-corrected chi connectivity index (χ1v) is 13.8. The minimum absolute atomic E-state index is 0.0328. The van der Waals surface area contributed by atoms with Crippen LogP contribution in [-0.2, 0) is 4.79 Å². The molecule has 0 aromatic heterocycles. The molecule has 4 heteroatoms. The van der Waals surface area contributed by atoms with E-state index in [1.54, 1.807) is 0 Å². The van der Waals surface area contributed by atoms with Crippen molar-refractivity contribution < 1.29 is 14.7 Å². The lowest BCUT2D eigenvalue weighted by Gasteiger charge is -2.61. The van der Waals surface area contributed by atoms with Gasteiger partial charge in [-0.3, -0.25) is 9.59 Å². The number of carbonyl (C=O) groups excluding carboxylic acids is 2. The summed E-state index contributed by atoms with van der Waals surface area (Å²) >= 11 is 0. The van der Waals surface area contributed by atoms with Crippen LogP contribution in [0, 0.1) is 34.5 Å². The molecule has 4 saturated carbocycles. The maximum absolute atomic E-state index is 13.2. The lowest BCUT2D eigenvalue weighted by molar-refractivity contribution is -0.156. The van der Waals surface area contributed by atoms with Gasteiger partial charge >= 0.3 is 0 Å². The first-order chi connectivity index (χ1) is 16.2. The molecule has 4 fully saturated rings. The lowest BCUT2D eigenvalue weighted by atomic mass is 9.44. The van der Waals surface area contributed by atoms with Gasteiger partial charge in [-0.05, 0) is 99.0 Å². The van der Waals surface area contributed by atoms with Gasteiger partial charge in [0.1, 0.15) is 5.78 Å². The number of Topliss-reactive ketones (excluding diaryl/α,β-unsaturated/α-hetero) is 1. The van der Waals surface area contributed by atoms with E-state index in [1.807, 2.05) is 35.2 Å². The van der Waals surface area contributed by atoms with Crippen LogP contribution in [-0.4, -0.2) is 40.4 Å². The molecule has 0 radical (unpaired) electrons. The second-order valence-electron chi connectivity index (χ2n) is 12.6. The van der Waals surface area contributed by atoms with E-state index in [0.29, 0.717) is 48.1 Å². The monoisotopic (exact) mass is 465 g/mol. The number of hydrogen-bond donors (Lipinski definition) is 1. The van der Waals surface area contributed by atoms with Crippen LogP contribution in [0.3, 0.4) is 0 Å². The Morgan fingerprint density at radius 1 is 1.03 bits per heavy atom. The second-order valence-corrected chi connectivity index (χ2v) is 12.6. The van der Waals surface area contributed by atoms with E-state index in [0.717, 1.165) is 51.4 Å². The Labute approximate surface area is 205 Å². The van der Waals surface area contributed by atoms with Gasteiger partial charge in [-0.2, -0.15) is 0 Å². The number of ketones is 1. The van der Waals surface area contributed by atoms with E-state index < -0.39 is 5.60 Å². The SMILES string of the molecule is CCCN(C[C@@]1(O)CC[C@@]2(C)[C@@H](CC[C@@H]3[C@@H]2CC[C@]2(C)C(=O)CC[C@@H]32)C1)C(=O)c1ccccc1. The van der Waals surface area contributed by atoms with Gasteiger partial charge in [0.25, 0.3) is 5.91 Å². The molecule has 0 spiro atoms. The zero-order chi connectivity index (χ0) is 24.1. The first-order valence-electron chi connectivity index (χ1n) is 13.8. The van der Waals surface area contributed by atoms with Gasteiger partial charge in [-0.1, -0.05) is 39.0 Å². The molecule has 0 saturated heterocycles. The molecule has 1 aromatic carbocycles. The molecular weight excluding hydrogens is 422 g/mol. The highest BCUT2D eigenvalue weighted by Gasteiger charge is 2.61. The van der Waals surface area contributed by atoms with E-state index >= 15 is 0 Å². The van der Waals surface area contributed by atoms with Gasteiger partial charge < -0.3 is 10.0 Å². The van der Waals surface area contributed by atoms with Crippen molar-refractivity contribution >= 4 is 11.7 Å². The highest BCUT2D eigenvalue weighted by atomic mass is 16.3. The maximum Gasteiger partial charge on any atom is 0.253 e. The summed E-state index contributed by atoms with van der Waals surface area (Å²) in [5, 5.41) is 11.8. The average molecular weight is 466 g/mol. The summed E-state index contributed by atoms with van der Waals surface area (Å²) in [5.74, 6) is 2.97. The summed E-state index contributed by atoms with van der Waals surface area (Å²) in [5.41, 5.74) is 0.0831. The van der Waals surface area contributed by atoms with Gasteiger partial charge in [0.15, 0.2) is 0 Å². The average Bonchev–Trinajstić information content (AvgIpc) is 3.14. The van der Waals surface area contributed by atoms with Crippen molar-refractivity contribution in [3.63, 3.8) is 0 Å². The van der Waals surface area contributed by atoms with Gasteiger partial charge in [0.05, 0.1) is 5.60 Å². The summed E-state index contributed by atoms with van der Waals surface area (Å²) in [6, 6.07) is 9.49. The normalized spacial score (nSPS) is 41.4. The molecule has 0 bridgehead atoms. The molecule has 0 unspecified atom stereocenters. The Kier molecular flexibility index (Phi) is 6.19. The minimum atomic E-state index is -0.802. The number of rotatable bonds is 5. The highest BCUT2D eigenvalue weighted by molar-refractivity contribution is 5.94. The number of fused-ring (bicyclic) bond motifs is 5. The maximum atomic E-state index is 13.2. The molecule has 5 rings (SSSR count). The summed E-state index contributed by atoms with van der Waals surface area (Å²) in [4.78, 5) is 27.8. The van der Waals surface area contributed by atoms with Gasteiger partial charge in [0.2, 0.25) is 0 Å². The Morgan fingerprint density at radius 3 is 2.53 bits per heavy atom. The molecule has 4 nitrogen and oxygen atoms in total. The third-order valence-corrected chi connectivity index (χ3v) is 10.8. The molecule has 7 atom stereocenters. The van der Waals surface area contributed by atoms with Crippen molar-refractivity contribution in [3.05, 3.63) is 35.9 Å².